The van der Waals surface area contributed by atoms with Gasteiger partial charge < -0.3 is 21.1 Å². The lowest BCUT2D eigenvalue weighted by Crippen LogP contribution is -2.46. The molecule has 0 saturated heterocycles. The van der Waals surface area contributed by atoms with Crippen molar-refractivity contribution < 1.29 is 19.2 Å². The lowest BCUT2D eigenvalue weighted by molar-refractivity contribution is -0.385. The van der Waals surface area contributed by atoms with Crippen molar-refractivity contribution in [3.63, 3.8) is 0 Å². The number of ether oxygens (including phenoxy) is 1. The Hall–Kier alpha value is -2.68. The molecule has 9 heteroatoms. The Morgan fingerprint density at radius 1 is 1.39 bits per heavy atom. The average molecular weight is 324 g/mol. The zero-order valence-electron chi connectivity index (χ0n) is 13.2. The first-order chi connectivity index (χ1) is 10.8. The highest BCUT2D eigenvalue weighted by Gasteiger charge is 2.19. The van der Waals surface area contributed by atoms with Crippen molar-refractivity contribution in [2.24, 2.45) is 11.7 Å². The Balaban J connectivity index is 2.66. The van der Waals surface area contributed by atoms with Crippen LogP contribution in [-0.2, 0) is 9.59 Å². The molecule has 0 aliphatic carbocycles. The molecule has 0 bridgehead atoms. The van der Waals surface area contributed by atoms with Crippen LogP contribution in [-0.4, -0.2) is 36.4 Å². The number of nitrogens with two attached hydrogens (primary N) is 1. The third-order valence-corrected chi connectivity index (χ3v) is 3.10. The van der Waals surface area contributed by atoms with Crippen molar-refractivity contribution in [3.05, 3.63) is 28.3 Å². The zero-order valence-corrected chi connectivity index (χ0v) is 13.2. The Labute approximate surface area is 133 Å². The Kier molecular flexibility index (Phi) is 6.46. The van der Waals surface area contributed by atoms with E-state index in [1.54, 1.807) is 13.8 Å². The molecular formula is C14H20N4O5. The van der Waals surface area contributed by atoms with Crippen LogP contribution in [0.1, 0.15) is 13.8 Å². The molecule has 0 unspecified atom stereocenters. The standard InChI is InChI=1S/C14H20N4O5/c1-8(2)13(15)14(20)16-7-12(19)17-9-4-5-11(23-3)10(6-9)18(21)22/h4-6,8,13H,7,15H2,1-3H3,(H,16,20)(H,17,19)/t13-/m0/s1. The quantitative estimate of drug-likeness (QED) is 0.497. The van der Waals surface area contributed by atoms with Crippen molar-refractivity contribution in [2.45, 2.75) is 19.9 Å². The lowest BCUT2D eigenvalue weighted by atomic mass is 10.1. The Morgan fingerprint density at radius 2 is 2.04 bits per heavy atom. The van der Waals surface area contributed by atoms with Gasteiger partial charge in [0.1, 0.15) is 0 Å². The van der Waals surface area contributed by atoms with Crippen LogP contribution < -0.4 is 21.1 Å². The van der Waals surface area contributed by atoms with Crippen molar-refractivity contribution in [2.75, 3.05) is 19.0 Å². The number of hydrogen-bond donors (Lipinski definition) is 3. The van der Waals surface area contributed by atoms with E-state index in [0.29, 0.717) is 0 Å². The summed E-state index contributed by atoms with van der Waals surface area (Å²) >= 11 is 0. The molecule has 1 aromatic rings. The van der Waals surface area contributed by atoms with Crippen LogP contribution in [0.3, 0.4) is 0 Å². The third kappa shape index (κ3) is 5.22. The monoisotopic (exact) mass is 324 g/mol. The van der Waals surface area contributed by atoms with E-state index in [4.69, 9.17) is 10.5 Å². The normalized spacial score (nSPS) is 11.7. The summed E-state index contributed by atoms with van der Waals surface area (Å²) in [6.45, 7) is 3.31. The lowest BCUT2D eigenvalue weighted by Gasteiger charge is -2.15. The van der Waals surface area contributed by atoms with Crippen LogP contribution in [0.5, 0.6) is 5.75 Å². The molecule has 0 radical (unpaired) electrons. The van der Waals surface area contributed by atoms with E-state index < -0.39 is 22.8 Å². The van der Waals surface area contributed by atoms with Crippen LogP contribution in [0, 0.1) is 16.0 Å². The summed E-state index contributed by atoms with van der Waals surface area (Å²) in [5.74, 6) is -0.920. The van der Waals surface area contributed by atoms with E-state index in [0.717, 1.165) is 0 Å². The van der Waals surface area contributed by atoms with Crippen LogP contribution in [0.25, 0.3) is 0 Å². The number of hydrogen-bond acceptors (Lipinski definition) is 6. The minimum Gasteiger partial charge on any atom is -0.490 e. The fourth-order valence-electron chi connectivity index (χ4n) is 1.70. The SMILES string of the molecule is COc1ccc(NC(=O)CNC(=O)[C@@H](N)C(C)C)cc1[N+](=O)[O-]. The van der Waals surface area contributed by atoms with Crippen molar-refractivity contribution in [1.29, 1.82) is 0 Å². The highest BCUT2D eigenvalue weighted by molar-refractivity contribution is 5.95. The molecule has 0 aliphatic heterocycles. The molecule has 0 aromatic heterocycles. The van der Waals surface area contributed by atoms with Gasteiger partial charge in [0.25, 0.3) is 0 Å². The number of rotatable bonds is 7. The van der Waals surface area contributed by atoms with Gasteiger partial charge >= 0.3 is 5.69 Å². The number of carbonyl (C=O) groups excluding carboxylic acids is 2. The summed E-state index contributed by atoms with van der Waals surface area (Å²) in [6.07, 6.45) is 0. The molecule has 0 aliphatic rings. The number of nitrogens with one attached hydrogen (secondary N) is 2. The molecule has 126 valence electrons. The molecule has 1 atom stereocenters. The van der Waals surface area contributed by atoms with E-state index in [2.05, 4.69) is 10.6 Å². The topological polar surface area (TPSA) is 137 Å². The van der Waals surface area contributed by atoms with E-state index in [-0.39, 0.29) is 29.6 Å². The van der Waals surface area contributed by atoms with Gasteiger partial charge in [-0.25, -0.2) is 0 Å². The third-order valence-electron chi connectivity index (χ3n) is 3.10. The molecule has 1 aromatic carbocycles. The van der Waals surface area contributed by atoms with E-state index in [1.807, 2.05) is 0 Å². The Morgan fingerprint density at radius 3 is 2.57 bits per heavy atom. The number of methoxy groups -OCH3 is 1. The molecule has 0 heterocycles. The van der Waals surface area contributed by atoms with Gasteiger partial charge in [0.05, 0.1) is 24.6 Å². The van der Waals surface area contributed by atoms with Gasteiger partial charge in [-0.1, -0.05) is 13.8 Å². The van der Waals surface area contributed by atoms with E-state index >= 15 is 0 Å². The van der Waals surface area contributed by atoms with Crippen LogP contribution in [0.2, 0.25) is 0 Å². The van der Waals surface area contributed by atoms with Gasteiger partial charge in [-0.15, -0.1) is 0 Å². The smallest absolute Gasteiger partial charge is 0.312 e. The van der Waals surface area contributed by atoms with Crippen molar-refractivity contribution in [3.8, 4) is 5.75 Å². The first-order valence-electron chi connectivity index (χ1n) is 6.91. The van der Waals surface area contributed by atoms with Gasteiger partial charge in [0.2, 0.25) is 11.8 Å². The van der Waals surface area contributed by atoms with Crippen LogP contribution in [0.15, 0.2) is 18.2 Å². The predicted octanol–water partition coefficient (Wildman–Crippen LogP) is 0.641. The minimum absolute atomic E-state index is 0.0534. The van der Waals surface area contributed by atoms with Gasteiger partial charge in [0.15, 0.2) is 5.75 Å². The Bertz CT molecular complexity index is 603. The fraction of sp³-hybridized carbons (Fsp3) is 0.429. The first kappa shape index (κ1) is 18.4. The van der Waals surface area contributed by atoms with Gasteiger partial charge in [-0.2, -0.15) is 0 Å². The van der Waals surface area contributed by atoms with Crippen LogP contribution >= 0.6 is 0 Å². The molecular weight excluding hydrogens is 304 g/mol. The highest BCUT2D eigenvalue weighted by atomic mass is 16.6. The predicted molar refractivity (Wildman–Crippen MR) is 84.1 cm³/mol. The summed E-state index contributed by atoms with van der Waals surface area (Å²) in [7, 11) is 1.31. The summed E-state index contributed by atoms with van der Waals surface area (Å²) in [5, 5.41) is 15.8. The minimum atomic E-state index is -0.704. The summed E-state index contributed by atoms with van der Waals surface area (Å²) in [6, 6.07) is 3.31. The van der Waals surface area contributed by atoms with Gasteiger partial charge in [-0.05, 0) is 18.1 Å². The number of anilines is 1. The molecule has 1 rings (SSSR count). The number of carbonyl (C=O) groups is 2. The second kappa shape index (κ2) is 8.08. The van der Waals surface area contributed by atoms with Crippen LogP contribution in [0.4, 0.5) is 11.4 Å². The van der Waals surface area contributed by atoms with Crippen molar-refractivity contribution in [1.82, 2.24) is 5.32 Å². The molecule has 2 amide bonds. The number of benzene rings is 1. The molecule has 0 saturated carbocycles. The summed E-state index contributed by atoms with van der Waals surface area (Å²) < 4.78 is 4.87. The van der Waals surface area contributed by atoms with Gasteiger partial charge in [-0.3, -0.25) is 19.7 Å². The largest absolute Gasteiger partial charge is 0.490 e. The molecule has 9 nitrogen and oxygen atoms in total. The zero-order chi connectivity index (χ0) is 17.6. The average Bonchev–Trinajstić information content (AvgIpc) is 2.51. The molecule has 0 fully saturated rings. The van der Waals surface area contributed by atoms with E-state index in [9.17, 15) is 19.7 Å². The number of amides is 2. The first-order valence-corrected chi connectivity index (χ1v) is 6.91. The second-order valence-corrected chi connectivity index (χ2v) is 5.18. The number of nitro groups is 1. The molecule has 0 spiro atoms. The fourth-order valence-corrected chi connectivity index (χ4v) is 1.70. The maximum Gasteiger partial charge on any atom is 0.312 e. The maximum atomic E-state index is 11.8. The second-order valence-electron chi connectivity index (χ2n) is 5.18. The molecule has 23 heavy (non-hydrogen) atoms. The highest BCUT2D eigenvalue weighted by Crippen LogP contribution is 2.29. The number of nitrogens with zero attached hydrogens (tertiary/aromatic N) is 1. The van der Waals surface area contributed by atoms with Gasteiger partial charge in [0, 0.05) is 11.8 Å². The summed E-state index contributed by atoms with van der Waals surface area (Å²) in [5.41, 5.74) is 5.61. The summed E-state index contributed by atoms with van der Waals surface area (Å²) in [4.78, 5) is 33.7. The molecule has 4 N–H and O–H groups in total. The van der Waals surface area contributed by atoms with Crippen molar-refractivity contribution >= 4 is 23.2 Å². The maximum absolute atomic E-state index is 11.8. The van der Waals surface area contributed by atoms with E-state index in [1.165, 1.54) is 25.3 Å². The number of nitro benzene ring substituents is 1.